The average Bonchev–Trinajstić information content (AvgIpc) is 3.41. The molecule has 2 aliphatic rings. The van der Waals surface area contributed by atoms with Crippen molar-refractivity contribution < 1.29 is 0 Å². The number of hydrogen-bond acceptors (Lipinski definition) is 3. The molecule has 0 saturated heterocycles. The summed E-state index contributed by atoms with van der Waals surface area (Å²) in [6.45, 7) is 8.52. The van der Waals surface area contributed by atoms with E-state index in [1.54, 1.807) is 0 Å². The molecule has 0 atom stereocenters. The number of anilines is 3. The van der Waals surface area contributed by atoms with E-state index in [9.17, 15) is 0 Å². The highest BCUT2D eigenvalue weighted by Gasteiger charge is 2.51. The van der Waals surface area contributed by atoms with Crippen LogP contribution in [0.1, 0.15) is 44.8 Å². The van der Waals surface area contributed by atoms with Gasteiger partial charge in [0.25, 0.3) is 0 Å². The number of aryl methyl sites for hydroxylation is 3. The largest absolute Gasteiger partial charge is 0.310 e. The maximum absolute atomic E-state index is 4.93. The SMILES string of the molecule is Cc1ccc2c(c1)C1(c3ccccc3-c3ccccc31)c1cc(C)ccc1N2c1ccc(-c2nc(C)nc(-c3ccccc3)c2C)cc1. The van der Waals surface area contributed by atoms with Gasteiger partial charge in [0.05, 0.1) is 28.2 Å². The number of benzene rings is 6. The van der Waals surface area contributed by atoms with E-state index in [0.29, 0.717) is 0 Å². The van der Waals surface area contributed by atoms with Crippen LogP contribution in [-0.2, 0) is 5.41 Å². The summed E-state index contributed by atoms with van der Waals surface area (Å²) < 4.78 is 0. The second-order valence-corrected chi connectivity index (χ2v) is 13.2. The Labute approximate surface area is 282 Å². The second-order valence-electron chi connectivity index (χ2n) is 13.2. The summed E-state index contributed by atoms with van der Waals surface area (Å²) in [5, 5.41) is 0. The molecule has 0 saturated carbocycles. The Kier molecular flexibility index (Phi) is 6.29. The Bertz CT molecular complexity index is 2290. The third-order valence-corrected chi connectivity index (χ3v) is 10.3. The lowest BCUT2D eigenvalue weighted by atomic mass is 9.64. The number of nitrogens with zero attached hydrogens (tertiary/aromatic N) is 3. The van der Waals surface area contributed by atoms with E-state index in [1.807, 2.05) is 13.0 Å². The van der Waals surface area contributed by atoms with Gasteiger partial charge in [0.1, 0.15) is 5.82 Å². The molecule has 0 fully saturated rings. The van der Waals surface area contributed by atoms with E-state index in [-0.39, 0.29) is 0 Å². The molecule has 230 valence electrons. The highest BCUT2D eigenvalue weighted by atomic mass is 15.2. The molecule has 7 aromatic rings. The van der Waals surface area contributed by atoms with Gasteiger partial charge in [-0.15, -0.1) is 0 Å². The normalized spacial score (nSPS) is 13.5. The van der Waals surface area contributed by atoms with Crippen molar-refractivity contribution in [3.63, 3.8) is 0 Å². The van der Waals surface area contributed by atoms with Gasteiger partial charge in [0.15, 0.2) is 0 Å². The Hall–Kier alpha value is -5.80. The van der Waals surface area contributed by atoms with Gasteiger partial charge in [-0.2, -0.15) is 0 Å². The van der Waals surface area contributed by atoms with E-state index < -0.39 is 5.41 Å². The minimum Gasteiger partial charge on any atom is -0.310 e. The highest BCUT2D eigenvalue weighted by Crippen LogP contribution is 2.63. The maximum atomic E-state index is 4.93. The van der Waals surface area contributed by atoms with Crippen LogP contribution in [0.25, 0.3) is 33.6 Å². The molecule has 48 heavy (non-hydrogen) atoms. The van der Waals surface area contributed by atoms with E-state index in [2.05, 4.69) is 159 Å². The zero-order valence-corrected chi connectivity index (χ0v) is 27.6. The lowest BCUT2D eigenvalue weighted by Gasteiger charge is -2.45. The van der Waals surface area contributed by atoms with Crippen LogP contribution in [0.4, 0.5) is 17.1 Å². The first-order valence-corrected chi connectivity index (χ1v) is 16.7. The monoisotopic (exact) mass is 617 g/mol. The summed E-state index contributed by atoms with van der Waals surface area (Å²) >= 11 is 0. The van der Waals surface area contributed by atoms with Crippen molar-refractivity contribution in [1.29, 1.82) is 0 Å². The van der Waals surface area contributed by atoms with Crippen LogP contribution < -0.4 is 4.90 Å². The molecule has 0 N–H and O–H groups in total. The van der Waals surface area contributed by atoms with Crippen molar-refractivity contribution in [1.82, 2.24) is 9.97 Å². The second kappa shape index (κ2) is 10.6. The van der Waals surface area contributed by atoms with Crippen molar-refractivity contribution in [2.24, 2.45) is 0 Å². The van der Waals surface area contributed by atoms with Crippen molar-refractivity contribution >= 4 is 17.1 Å². The fourth-order valence-electron chi connectivity index (χ4n) is 8.21. The molecule has 0 unspecified atom stereocenters. The van der Waals surface area contributed by atoms with Gasteiger partial charge >= 0.3 is 0 Å². The molecule has 6 aromatic carbocycles. The summed E-state index contributed by atoms with van der Waals surface area (Å²) in [6.07, 6.45) is 0. The topological polar surface area (TPSA) is 29.0 Å². The van der Waals surface area contributed by atoms with Crippen molar-refractivity contribution in [2.45, 2.75) is 33.1 Å². The van der Waals surface area contributed by atoms with Crippen molar-refractivity contribution in [3.8, 4) is 33.6 Å². The van der Waals surface area contributed by atoms with E-state index in [4.69, 9.17) is 9.97 Å². The van der Waals surface area contributed by atoms with E-state index in [0.717, 1.165) is 39.6 Å². The van der Waals surface area contributed by atoms with Crippen LogP contribution in [0.5, 0.6) is 0 Å². The molecule has 3 nitrogen and oxygen atoms in total. The molecule has 0 bridgehead atoms. The van der Waals surface area contributed by atoms with E-state index >= 15 is 0 Å². The molecule has 1 spiro atoms. The first-order chi connectivity index (χ1) is 23.4. The van der Waals surface area contributed by atoms with Crippen molar-refractivity contribution in [2.75, 3.05) is 4.90 Å². The quantitative estimate of drug-likeness (QED) is 0.197. The smallest absolute Gasteiger partial charge is 0.126 e. The lowest BCUT2D eigenvalue weighted by molar-refractivity contribution is 0.750. The zero-order chi connectivity index (χ0) is 32.6. The third kappa shape index (κ3) is 4.00. The Balaban J connectivity index is 1.25. The molecule has 2 heterocycles. The third-order valence-electron chi connectivity index (χ3n) is 10.3. The van der Waals surface area contributed by atoms with Crippen LogP contribution >= 0.6 is 0 Å². The van der Waals surface area contributed by atoms with Crippen molar-refractivity contribution in [3.05, 3.63) is 184 Å². The fourth-order valence-corrected chi connectivity index (χ4v) is 8.21. The van der Waals surface area contributed by atoms with Gasteiger partial charge in [-0.25, -0.2) is 9.97 Å². The summed E-state index contributed by atoms with van der Waals surface area (Å²) in [5.41, 5.74) is 18.8. The summed E-state index contributed by atoms with van der Waals surface area (Å²) in [4.78, 5) is 12.2. The standard InChI is InChI=1S/C45H35N3/c1-28-18-24-41-39(26-28)45(37-16-10-8-14-35(37)36-15-9-11-17-38(36)45)40-27-29(2)19-25-42(40)48(41)34-22-20-33(21-23-34)44-30(3)43(46-31(4)47-44)32-12-6-5-7-13-32/h5-27H,1-4H3. The molecule has 1 aliphatic carbocycles. The summed E-state index contributed by atoms with van der Waals surface area (Å²) in [6, 6.07) is 51.3. The number of aromatic nitrogens is 2. The Morgan fingerprint density at radius 2 is 0.938 bits per heavy atom. The van der Waals surface area contributed by atoms with Crippen LogP contribution in [0.2, 0.25) is 0 Å². The minimum absolute atomic E-state index is 0.421. The molecule has 0 radical (unpaired) electrons. The van der Waals surface area contributed by atoms with Gasteiger partial charge in [-0.05, 0) is 85.3 Å². The summed E-state index contributed by atoms with van der Waals surface area (Å²) in [7, 11) is 0. The number of rotatable bonds is 3. The molecular weight excluding hydrogens is 583 g/mol. The van der Waals surface area contributed by atoms with Crippen LogP contribution in [0.15, 0.2) is 140 Å². The van der Waals surface area contributed by atoms with Crippen LogP contribution in [-0.4, -0.2) is 9.97 Å². The van der Waals surface area contributed by atoms with Gasteiger partial charge in [-0.3, -0.25) is 0 Å². The average molecular weight is 618 g/mol. The van der Waals surface area contributed by atoms with Gasteiger partial charge in [-0.1, -0.05) is 126 Å². The fraction of sp³-hybridized carbons (Fsp3) is 0.111. The molecule has 3 heteroatoms. The Morgan fingerprint density at radius 1 is 0.458 bits per heavy atom. The first-order valence-electron chi connectivity index (χ1n) is 16.7. The van der Waals surface area contributed by atoms with E-state index in [1.165, 1.54) is 55.9 Å². The first kappa shape index (κ1) is 28.4. The molecule has 0 amide bonds. The van der Waals surface area contributed by atoms with Crippen LogP contribution in [0.3, 0.4) is 0 Å². The minimum atomic E-state index is -0.421. The van der Waals surface area contributed by atoms with Gasteiger partial charge in [0, 0.05) is 22.4 Å². The molecule has 1 aromatic heterocycles. The predicted octanol–water partition coefficient (Wildman–Crippen LogP) is 11.2. The number of hydrogen-bond donors (Lipinski definition) is 0. The molecule has 9 rings (SSSR count). The van der Waals surface area contributed by atoms with Gasteiger partial charge < -0.3 is 4.90 Å². The predicted molar refractivity (Wildman–Crippen MR) is 197 cm³/mol. The van der Waals surface area contributed by atoms with Crippen LogP contribution in [0, 0.1) is 27.7 Å². The summed E-state index contributed by atoms with van der Waals surface area (Å²) in [5.74, 6) is 0.769. The highest BCUT2D eigenvalue weighted by molar-refractivity contribution is 5.96. The Morgan fingerprint density at radius 3 is 1.48 bits per heavy atom. The number of fused-ring (bicyclic) bond motifs is 9. The maximum Gasteiger partial charge on any atom is 0.126 e. The molecular formula is C45H35N3. The lowest BCUT2D eigenvalue weighted by Crippen LogP contribution is -2.36. The van der Waals surface area contributed by atoms with Gasteiger partial charge in [0.2, 0.25) is 0 Å². The zero-order valence-electron chi connectivity index (χ0n) is 27.6. The molecule has 1 aliphatic heterocycles.